The summed E-state index contributed by atoms with van der Waals surface area (Å²) in [5.41, 5.74) is 6.37. The highest BCUT2D eigenvalue weighted by Crippen LogP contribution is 2.39. The van der Waals surface area contributed by atoms with Gasteiger partial charge in [0, 0.05) is 24.7 Å². The van der Waals surface area contributed by atoms with Gasteiger partial charge in [-0.05, 0) is 24.3 Å². The molecule has 2 aromatic heterocycles. The average molecular weight is 449 g/mol. The van der Waals surface area contributed by atoms with E-state index in [4.69, 9.17) is 5.73 Å². The fourth-order valence-electron chi connectivity index (χ4n) is 3.33. The number of nitrogens with two attached hydrogens (primary N) is 1. The summed E-state index contributed by atoms with van der Waals surface area (Å²) in [5.74, 6) is -8.35. The Kier molecular flexibility index (Phi) is 5.49. The number of amides is 1. The van der Waals surface area contributed by atoms with Gasteiger partial charge in [0.2, 0.25) is 5.91 Å². The minimum Gasteiger partial charge on any atom is -0.397 e. The molecule has 1 amide bonds. The van der Waals surface area contributed by atoms with E-state index in [-0.39, 0.29) is 42.1 Å². The molecule has 1 aromatic carbocycles. The van der Waals surface area contributed by atoms with Gasteiger partial charge in [0.25, 0.3) is 0 Å². The van der Waals surface area contributed by atoms with Gasteiger partial charge in [-0.15, -0.1) is 0 Å². The fraction of sp³-hybridized carbons (Fsp3) is 0.238. The van der Waals surface area contributed by atoms with Crippen LogP contribution in [0.2, 0.25) is 0 Å². The van der Waals surface area contributed by atoms with Crippen LogP contribution in [0.1, 0.15) is 11.5 Å². The highest BCUT2D eigenvalue weighted by atomic mass is 19.3. The summed E-state index contributed by atoms with van der Waals surface area (Å²) in [6.45, 7) is -0.502. The summed E-state index contributed by atoms with van der Waals surface area (Å²) in [6.07, 6.45) is 1.03. The minimum atomic E-state index is -3.43. The van der Waals surface area contributed by atoms with Gasteiger partial charge in [-0.25, -0.2) is 23.1 Å². The van der Waals surface area contributed by atoms with E-state index in [9.17, 15) is 26.7 Å². The van der Waals surface area contributed by atoms with Crippen LogP contribution in [-0.2, 0) is 17.1 Å². The Balaban J connectivity index is 1.44. The van der Waals surface area contributed by atoms with E-state index in [1.807, 2.05) is 0 Å². The van der Waals surface area contributed by atoms with Gasteiger partial charge in [0.05, 0.1) is 41.8 Å². The molecule has 11 heteroatoms. The van der Waals surface area contributed by atoms with Crippen molar-refractivity contribution in [2.24, 2.45) is 5.92 Å². The molecule has 0 bridgehead atoms. The molecule has 6 nitrogen and oxygen atoms in total. The zero-order valence-corrected chi connectivity index (χ0v) is 16.4. The van der Waals surface area contributed by atoms with E-state index in [0.29, 0.717) is 18.5 Å². The number of rotatable bonds is 5. The number of aromatic nitrogens is 3. The Morgan fingerprint density at radius 1 is 1.06 bits per heavy atom. The van der Waals surface area contributed by atoms with Gasteiger partial charge in [-0.2, -0.15) is 8.78 Å². The Morgan fingerprint density at radius 3 is 2.41 bits per heavy atom. The van der Waals surface area contributed by atoms with Gasteiger partial charge in [-0.1, -0.05) is 0 Å². The van der Waals surface area contributed by atoms with Crippen molar-refractivity contribution < 1.29 is 26.7 Å². The molecule has 4 rings (SSSR count). The molecule has 0 aliphatic carbocycles. The Hall–Kier alpha value is -3.63. The number of benzene rings is 1. The van der Waals surface area contributed by atoms with Crippen LogP contribution in [-0.4, -0.2) is 38.8 Å². The molecule has 32 heavy (non-hydrogen) atoms. The molecule has 0 unspecified atom stereocenters. The molecule has 1 aliphatic heterocycles. The van der Waals surface area contributed by atoms with Crippen LogP contribution >= 0.6 is 0 Å². The highest BCUT2D eigenvalue weighted by Gasteiger charge is 2.51. The SMILES string of the molecule is Nc1ccc(-c2ccc(F)cc2F)nc1CC(=O)N1CC(C(F)(F)c2ncc(F)cn2)C1. The third-order valence-corrected chi connectivity index (χ3v) is 5.20. The third-order valence-electron chi connectivity index (χ3n) is 5.20. The van der Waals surface area contributed by atoms with Crippen molar-refractivity contribution in [2.45, 2.75) is 12.3 Å². The van der Waals surface area contributed by atoms with Gasteiger partial charge in [0.15, 0.2) is 11.6 Å². The molecule has 3 aromatic rings. The molecule has 1 aliphatic rings. The number of anilines is 1. The predicted octanol–water partition coefficient (Wildman–Crippen LogP) is 3.33. The van der Waals surface area contributed by atoms with Crippen LogP contribution in [0.5, 0.6) is 0 Å². The van der Waals surface area contributed by atoms with Crippen molar-refractivity contribution in [2.75, 3.05) is 18.8 Å². The zero-order valence-electron chi connectivity index (χ0n) is 16.4. The highest BCUT2D eigenvalue weighted by molar-refractivity contribution is 5.81. The van der Waals surface area contributed by atoms with E-state index in [1.54, 1.807) is 0 Å². The van der Waals surface area contributed by atoms with Crippen LogP contribution in [0.4, 0.5) is 27.6 Å². The number of nitrogen functional groups attached to an aromatic ring is 1. The molecule has 0 saturated carbocycles. The van der Waals surface area contributed by atoms with E-state index in [0.717, 1.165) is 6.07 Å². The summed E-state index contributed by atoms with van der Waals surface area (Å²) in [5, 5.41) is 0. The Morgan fingerprint density at radius 2 is 1.75 bits per heavy atom. The molecule has 0 radical (unpaired) electrons. The summed E-state index contributed by atoms with van der Waals surface area (Å²) in [6, 6.07) is 5.87. The van der Waals surface area contributed by atoms with E-state index < -0.39 is 41.0 Å². The zero-order chi connectivity index (χ0) is 23.0. The first-order valence-electron chi connectivity index (χ1n) is 9.49. The predicted molar refractivity (Wildman–Crippen MR) is 104 cm³/mol. The molecular weight excluding hydrogens is 433 g/mol. The number of halogens is 5. The maximum Gasteiger partial charge on any atom is 0.312 e. The molecular formula is C21H16F5N5O. The first-order chi connectivity index (χ1) is 15.1. The molecule has 166 valence electrons. The number of likely N-dealkylation sites (tertiary alicyclic amines) is 1. The van der Waals surface area contributed by atoms with Crippen molar-refractivity contribution in [3.8, 4) is 11.3 Å². The van der Waals surface area contributed by atoms with Gasteiger partial charge >= 0.3 is 5.92 Å². The maximum absolute atomic E-state index is 14.5. The van der Waals surface area contributed by atoms with Crippen molar-refractivity contribution in [3.05, 3.63) is 71.7 Å². The number of hydrogen-bond donors (Lipinski definition) is 1. The van der Waals surface area contributed by atoms with Crippen LogP contribution < -0.4 is 5.73 Å². The van der Waals surface area contributed by atoms with Crippen LogP contribution in [0, 0.1) is 23.4 Å². The van der Waals surface area contributed by atoms with E-state index in [1.165, 1.54) is 23.1 Å². The first-order valence-corrected chi connectivity index (χ1v) is 9.49. The second-order valence-electron chi connectivity index (χ2n) is 7.38. The summed E-state index contributed by atoms with van der Waals surface area (Å²) < 4.78 is 69.1. The topological polar surface area (TPSA) is 85.0 Å². The number of alkyl halides is 2. The standard InChI is InChI=1S/C21H16F5N5O/c22-12-1-2-14(15(24)5-12)17-4-3-16(27)18(30-17)6-19(32)31-9-11(10-31)21(25,26)20-28-7-13(23)8-29-20/h1-5,7-8,11H,6,9-10,27H2. The van der Waals surface area contributed by atoms with Crippen LogP contribution in [0.15, 0.2) is 42.7 Å². The maximum atomic E-state index is 14.5. The smallest absolute Gasteiger partial charge is 0.312 e. The lowest BCUT2D eigenvalue weighted by molar-refractivity contribution is -0.157. The number of nitrogens with zero attached hydrogens (tertiary/aromatic N) is 4. The minimum absolute atomic E-state index is 0.0306. The van der Waals surface area contributed by atoms with Crippen molar-refractivity contribution >= 4 is 11.6 Å². The van der Waals surface area contributed by atoms with Crippen LogP contribution in [0.3, 0.4) is 0 Å². The normalized spacial score (nSPS) is 14.3. The lowest BCUT2D eigenvalue weighted by Crippen LogP contribution is -2.56. The lowest BCUT2D eigenvalue weighted by Gasteiger charge is -2.42. The first kappa shape index (κ1) is 21.6. The number of hydrogen-bond acceptors (Lipinski definition) is 5. The van der Waals surface area contributed by atoms with Crippen molar-refractivity contribution in [1.29, 1.82) is 0 Å². The van der Waals surface area contributed by atoms with E-state index in [2.05, 4.69) is 15.0 Å². The summed E-state index contributed by atoms with van der Waals surface area (Å²) >= 11 is 0. The van der Waals surface area contributed by atoms with Gasteiger partial charge in [0.1, 0.15) is 11.6 Å². The molecule has 0 spiro atoms. The Labute approximate surface area is 178 Å². The lowest BCUT2D eigenvalue weighted by atomic mass is 9.91. The molecule has 1 fully saturated rings. The largest absolute Gasteiger partial charge is 0.397 e. The average Bonchev–Trinajstić information content (AvgIpc) is 2.69. The summed E-state index contributed by atoms with van der Waals surface area (Å²) in [4.78, 5) is 24.6. The van der Waals surface area contributed by atoms with Gasteiger partial charge < -0.3 is 10.6 Å². The van der Waals surface area contributed by atoms with Crippen molar-refractivity contribution in [1.82, 2.24) is 19.9 Å². The quantitative estimate of drug-likeness (QED) is 0.604. The second kappa shape index (κ2) is 8.13. The van der Waals surface area contributed by atoms with Gasteiger partial charge in [-0.3, -0.25) is 9.78 Å². The number of pyridine rings is 1. The van der Waals surface area contributed by atoms with E-state index >= 15 is 0 Å². The number of carbonyl (C=O) groups is 1. The molecule has 2 N–H and O–H groups in total. The molecule has 0 atom stereocenters. The third kappa shape index (κ3) is 4.10. The van der Waals surface area contributed by atoms with Crippen molar-refractivity contribution in [3.63, 3.8) is 0 Å². The van der Waals surface area contributed by atoms with Crippen LogP contribution in [0.25, 0.3) is 11.3 Å². The number of carbonyl (C=O) groups excluding carboxylic acids is 1. The summed E-state index contributed by atoms with van der Waals surface area (Å²) in [7, 11) is 0. The Bertz CT molecular complexity index is 1170. The molecule has 1 saturated heterocycles. The molecule has 3 heterocycles. The monoisotopic (exact) mass is 449 g/mol. The second-order valence-corrected chi connectivity index (χ2v) is 7.38. The fourth-order valence-corrected chi connectivity index (χ4v) is 3.33.